The van der Waals surface area contributed by atoms with Crippen LogP contribution in [0, 0.1) is 13.8 Å². The largest absolute Gasteiger partial charge is 0.491 e. The average molecular weight is 356 g/mol. The topological polar surface area (TPSA) is 51.5 Å². The van der Waals surface area contributed by atoms with Gasteiger partial charge in [0.15, 0.2) is 0 Å². The molecule has 26 heavy (non-hydrogen) atoms. The third kappa shape index (κ3) is 4.15. The molecule has 2 rings (SSSR count). The maximum atomic E-state index is 12.8. The summed E-state index contributed by atoms with van der Waals surface area (Å²) in [4.78, 5) is 27.0. The summed E-state index contributed by atoms with van der Waals surface area (Å²) >= 11 is 0. The van der Waals surface area contributed by atoms with Crippen molar-refractivity contribution >= 4 is 5.91 Å². The Morgan fingerprint density at radius 2 is 1.88 bits per heavy atom. The summed E-state index contributed by atoms with van der Waals surface area (Å²) in [7, 11) is 1.70. The molecule has 0 atom stereocenters. The van der Waals surface area contributed by atoms with Crippen molar-refractivity contribution in [3.8, 4) is 5.75 Å². The lowest BCUT2D eigenvalue weighted by atomic mass is 10.1. The number of ether oxygens (including phenoxy) is 1. The number of rotatable bonds is 7. The van der Waals surface area contributed by atoms with E-state index in [0.29, 0.717) is 19.7 Å². The van der Waals surface area contributed by atoms with Crippen LogP contribution in [0.4, 0.5) is 0 Å². The molecule has 5 heteroatoms. The average Bonchev–Trinajstić information content (AvgIpc) is 2.66. The minimum Gasteiger partial charge on any atom is -0.491 e. The van der Waals surface area contributed by atoms with Gasteiger partial charge >= 0.3 is 0 Å². The number of carbonyl (C=O) groups excluding carboxylic acids is 1. The molecule has 0 saturated heterocycles. The summed E-state index contributed by atoms with van der Waals surface area (Å²) in [5, 5.41) is 0. The summed E-state index contributed by atoms with van der Waals surface area (Å²) in [6, 6.07) is 9.60. The van der Waals surface area contributed by atoms with Gasteiger partial charge in [0.25, 0.3) is 11.5 Å². The maximum absolute atomic E-state index is 12.8. The minimum atomic E-state index is -0.256. The first-order chi connectivity index (χ1) is 12.4. The predicted molar refractivity (Wildman–Crippen MR) is 104 cm³/mol. The standard InChI is InChI=1S/C21H28N2O3/c1-6-17-10-8-9-11-19(17)26-13-12-23(7-2)21(25)18-14-15(3)16(4)22(5)20(18)24/h8-11,14H,6-7,12-13H2,1-5H3. The van der Waals surface area contributed by atoms with E-state index >= 15 is 0 Å². The van der Waals surface area contributed by atoms with Crippen LogP contribution in [0.25, 0.3) is 0 Å². The SMILES string of the molecule is CCc1ccccc1OCCN(CC)C(=O)c1cc(C)c(C)n(C)c1=O. The molecular formula is C21H28N2O3. The number of aromatic nitrogens is 1. The van der Waals surface area contributed by atoms with Crippen molar-refractivity contribution in [3.05, 3.63) is 63.1 Å². The van der Waals surface area contributed by atoms with Crippen LogP contribution in [0.15, 0.2) is 35.1 Å². The van der Waals surface area contributed by atoms with E-state index in [9.17, 15) is 9.59 Å². The Morgan fingerprint density at radius 3 is 2.54 bits per heavy atom. The number of nitrogens with zero attached hydrogens (tertiary/aromatic N) is 2. The van der Waals surface area contributed by atoms with Gasteiger partial charge in [0.2, 0.25) is 0 Å². The second-order valence-corrected chi connectivity index (χ2v) is 6.39. The van der Waals surface area contributed by atoms with Gasteiger partial charge in [0.05, 0.1) is 6.54 Å². The summed E-state index contributed by atoms with van der Waals surface area (Å²) in [5.74, 6) is 0.601. The van der Waals surface area contributed by atoms with E-state index in [4.69, 9.17) is 4.74 Å². The van der Waals surface area contributed by atoms with E-state index in [1.807, 2.05) is 45.0 Å². The molecule has 0 bridgehead atoms. The number of carbonyl (C=O) groups is 1. The molecule has 1 heterocycles. The molecule has 0 aliphatic heterocycles. The highest BCUT2D eigenvalue weighted by Crippen LogP contribution is 2.18. The Balaban J connectivity index is 2.11. The third-order valence-electron chi connectivity index (χ3n) is 4.84. The van der Waals surface area contributed by atoms with Gasteiger partial charge in [-0.15, -0.1) is 0 Å². The summed E-state index contributed by atoms with van der Waals surface area (Å²) in [6.45, 7) is 9.12. The molecular weight excluding hydrogens is 328 g/mol. The Morgan fingerprint density at radius 1 is 1.19 bits per heavy atom. The van der Waals surface area contributed by atoms with Crippen molar-refractivity contribution in [2.75, 3.05) is 19.7 Å². The lowest BCUT2D eigenvalue weighted by Gasteiger charge is -2.22. The van der Waals surface area contributed by atoms with E-state index in [1.54, 1.807) is 18.0 Å². The van der Waals surface area contributed by atoms with Gasteiger partial charge < -0.3 is 14.2 Å². The quantitative estimate of drug-likeness (QED) is 0.766. The first kappa shape index (κ1) is 19.8. The lowest BCUT2D eigenvalue weighted by Crippen LogP contribution is -2.39. The molecule has 140 valence electrons. The van der Waals surface area contributed by atoms with Gasteiger partial charge in [-0.2, -0.15) is 0 Å². The third-order valence-corrected chi connectivity index (χ3v) is 4.84. The normalized spacial score (nSPS) is 10.7. The lowest BCUT2D eigenvalue weighted by molar-refractivity contribution is 0.0737. The zero-order valence-electron chi connectivity index (χ0n) is 16.3. The highest BCUT2D eigenvalue weighted by Gasteiger charge is 2.20. The van der Waals surface area contributed by atoms with Crippen molar-refractivity contribution in [2.24, 2.45) is 7.05 Å². The Bertz CT molecular complexity index is 840. The highest BCUT2D eigenvalue weighted by molar-refractivity contribution is 5.94. The molecule has 0 saturated carbocycles. The van der Waals surface area contributed by atoms with Gasteiger partial charge in [-0.3, -0.25) is 9.59 Å². The molecule has 0 aliphatic carbocycles. The van der Waals surface area contributed by atoms with E-state index in [2.05, 4.69) is 6.92 Å². The summed E-state index contributed by atoms with van der Waals surface area (Å²) in [5.41, 5.74) is 2.90. The van der Waals surface area contributed by atoms with Crippen LogP contribution in [-0.2, 0) is 13.5 Å². The van der Waals surface area contributed by atoms with Crippen LogP contribution in [0.3, 0.4) is 0 Å². The monoisotopic (exact) mass is 356 g/mol. The van der Waals surface area contributed by atoms with Gasteiger partial charge in [0, 0.05) is 19.3 Å². The van der Waals surface area contributed by atoms with Crippen molar-refractivity contribution in [3.63, 3.8) is 0 Å². The molecule has 0 unspecified atom stereocenters. The molecule has 0 radical (unpaired) electrons. The number of likely N-dealkylation sites (N-methyl/N-ethyl adjacent to an activating group) is 1. The zero-order valence-corrected chi connectivity index (χ0v) is 16.3. The van der Waals surface area contributed by atoms with E-state index < -0.39 is 0 Å². The number of hydrogen-bond donors (Lipinski definition) is 0. The van der Waals surface area contributed by atoms with Crippen molar-refractivity contribution in [1.82, 2.24) is 9.47 Å². The number of benzene rings is 1. The van der Waals surface area contributed by atoms with Crippen LogP contribution in [0.1, 0.15) is 41.0 Å². The number of hydrogen-bond acceptors (Lipinski definition) is 3. The first-order valence-electron chi connectivity index (χ1n) is 9.07. The Kier molecular flexibility index (Phi) is 6.61. The van der Waals surface area contributed by atoms with E-state index in [1.165, 1.54) is 4.57 Å². The number of para-hydroxylation sites is 1. The molecule has 1 amide bonds. The number of amides is 1. The molecule has 0 fully saturated rings. The number of pyridine rings is 1. The van der Waals surface area contributed by atoms with Crippen molar-refractivity contribution < 1.29 is 9.53 Å². The smallest absolute Gasteiger partial charge is 0.263 e. The predicted octanol–water partition coefficient (Wildman–Crippen LogP) is 3.11. The van der Waals surface area contributed by atoms with Gasteiger partial charge in [0.1, 0.15) is 17.9 Å². The van der Waals surface area contributed by atoms with Gasteiger partial charge in [-0.05, 0) is 50.5 Å². The molecule has 0 aliphatic rings. The van der Waals surface area contributed by atoms with Gasteiger partial charge in [-0.25, -0.2) is 0 Å². The highest BCUT2D eigenvalue weighted by atomic mass is 16.5. The second kappa shape index (κ2) is 8.70. The van der Waals surface area contributed by atoms with E-state index in [0.717, 1.165) is 29.0 Å². The number of aryl methyl sites for hydroxylation is 2. The van der Waals surface area contributed by atoms with Gasteiger partial charge in [-0.1, -0.05) is 25.1 Å². The van der Waals surface area contributed by atoms with Crippen molar-refractivity contribution in [1.29, 1.82) is 0 Å². The van der Waals surface area contributed by atoms with Crippen LogP contribution in [0.2, 0.25) is 0 Å². The molecule has 5 nitrogen and oxygen atoms in total. The molecule has 0 N–H and O–H groups in total. The van der Waals surface area contributed by atoms with Crippen LogP contribution < -0.4 is 10.3 Å². The van der Waals surface area contributed by atoms with Crippen LogP contribution in [0.5, 0.6) is 5.75 Å². The Hall–Kier alpha value is -2.56. The molecule has 0 spiro atoms. The fourth-order valence-corrected chi connectivity index (χ4v) is 2.91. The van der Waals surface area contributed by atoms with Crippen LogP contribution >= 0.6 is 0 Å². The van der Waals surface area contributed by atoms with Crippen LogP contribution in [-0.4, -0.2) is 35.1 Å². The summed E-state index contributed by atoms with van der Waals surface area (Å²) in [6.07, 6.45) is 0.894. The Labute approximate surface area is 155 Å². The molecule has 1 aromatic heterocycles. The second-order valence-electron chi connectivity index (χ2n) is 6.39. The summed E-state index contributed by atoms with van der Waals surface area (Å²) < 4.78 is 7.40. The zero-order chi connectivity index (χ0) is 19.3. The maximum Gasteiger partial charge on any atom is 0.263 e. The van der Waals surface area contributed by atoms with Crippen molar-refractivity contribution in [2.45, 2.75) is 34.1 Å². The fraction of sp³-hybridized carbons (Fsp3) is 0.429. The molecule has 1 aromatic carbocycles. The molecule has 2 aromatic rings. The van der Waals surface area contributed by atoms with E-state index in [-0.39, 0.29) is 17.0 Å². The fourth-order valence-electron chi connectivity index (χ4n) is 2.91. The minimum absolute atomic E-state index is 0.214. The first-order valence-corrected chi connectivity index (χ1v) is 9.07.